The molecule has 0 fully saturated rings. The van der Waals surface area contributed by atoms with E-state index in [9.17, 15) is 5.11 Å². The lowest BCUT2D eigenvalue weighted by Gasteiger charge is -2.25. The van der Waals surface area contributed by atoms with Crippen molar-refractivity contribution in [2.75, 3.05) is 13.2 Å². The molecule has 0 aliphatic rings. The lowest BCUT2D eigenvalue weighted by atomic mass is 9.90. The van der Waals surface area contributed by atoms with Crippen molar-refractivity contribution in [3.05, 3.63) is 0 Å². The second-order valence-corrected chi connectivity index (χ2v) is 5.49. The van der Waals surface area contributed by atoms with Crippen LogP contribution in [-0.4, -0.2) is 24.4 Å². The predicted molar refractivity (Wildman–Crippen MR) is 60.4 cm³/mol. The van der Waals surface area contributed by atoms with Gasteiger partial charge < -0.3 is 9.84 Å². The number of hydrogen-bond acceptors (Lipinski definition) is 2. The Labute approximate surface area is 88.7 Å². The zero-order chi connectivity index (χ0) is 11.2. The van der Waals surface area contributed by atoms with E-state index in [4.69, 9.17) is 4.74 Å². The summed E-state index contributed by atoms with van der Waals surface area (Å²) in [4.78, 5) is 0. The summed E-state index contributed by atoms with van der Waals surface area (Å²) in [6.07, 6.45) is 1.93. The van der Waals surface area contributed by atoms with Crippen LogP contribution in [-0.2, 0) is 4.74 Å². The summed E-state index contributed by atoms with van der Waals surface area (Å²) in [5.41, 5.74) is -0.0714. The smallest absolute Gasteiger partial charge is 0.0821 e. The van der Waals surface area contributed by atoms with Crippen LogP contribution >= 0.6 is 0 Å². The minimum atomic E-state index is -0.360. The highest BCUT2D eigenvalue weighted by Crippen LogP contribution is 2.19. The van der Waals surface area contributed by atoms with Crippen molar-refractivity contribution in [2.45, 2.75) is 53.6 Å². The summed E-state index contributed by atoms with van der Waals surface area (Å²) in [6, 6.07) is 0. The van der Waals surface area contributed by atoms with E-state index >= 15 is 0 Å². The molecule has 0 aromatic heterocycles. The summed E-state index contributed by atoms with van der Waals surface area (Å²) in [5.74, 6) is 0.742. The van der Waals surface area contributed by atoms with E-state index in [0.717, 1.165) is 18.9 Å². The highest BCUT2D eigenvalue weighted by Gasteiger charge is 2.21. The second kappa shape index (κ2) is 6.41. The third-order valence-electron chi connectivity index (χ3n) is 2.35. The van der Waals surface area contributed by atoms with Crippen molar-refractivity contribution in [1.82, 2.24) is 0 Å². The molecule has 0 spiro atoms. The largest absolute Gasteiger partial charge is 0.390 e. The molecule has 0 amide bonds. The predicted octanol–water partition coefficient (Wildman–Crippen LogP) is 2.85. The normalized spacial score (nSPS) is 14.8. The standard InChI is InChI=1S/C12H26O2/c1-10(2)7-6-8-14-9-11(13)12(3,4)5/h10-11,13H,6-9H2,1-5H3. The van der Waals surface area contributed by atoms with Crippen molar-refractivity contribution in [2.24, 2.45) is 11.3 Å². The van der Waals surface area contributed by atoms with E-state index in [2.05, 4.69) is 13.8 Å². The number of aliphatic hydroxyl groups is 1. The van der Waals surface area contributed by atoms with Crippen LogP contribution < -0.4 is 0 Å². The van der Waals surface area contributed by atoms with Crippen molar-refractivity contribution < 1.29 is 9.84 Å². The molecule has 0 rings (SSSR count). The maximum absolute atomic E-state index is 9.67. The van der Waals surface area contributed by atoms with Crippen molar-refractivity contribution >= 4 is 0 Å². The van der Waals surface area contributed by atoms with Gasteiger partial charge in [0, 0.05) is 6.61 Å². The van der Waals surface area contributed by atoms with Crippen LogP contribution in [0.4, 0.5) is 0 Å². The molecule has 0 heterocycles. The Bertz CT molecular complexity index is 136. The average Bonchev–Trinajstić information content (AvgIpc) is 2.01. The fourth-order valence-electron chi connectivity index (χ4n) is 1.04. The summed E-state index contributed by atoms with van der Waals surface area (Å²) in [5, 5.41) is 9.67. The van der Waals surface area contributed by atoms with Crippen LogP contribution in [0.1, 0.15) is 47.5 Å². The molecule has 2 heteroatoms. The molecule has 1 N–H and O–H groups in total. The fraction of sp³-hybridized carbons (Fsp3) is 1.00. The summed E-state index contributed by atoms with van der Waals surface area (Å²) in [7, 11) is 0. The van der Waals surface area contributed by atoms with Crippen LogP contribution in [0.25, 0.3) is 0 Å². The summed E-state index contributed by atoms with van der Waals surface area (Å²) >= 11 is 0. The quantitative estimate of drug-likeness (QED) is 0.671. The van der Waals surface area contributed by atoms with Gasteiger partial charge in [0.2, 0.25) is 0 Å². The van der Waals surface area contributed by atoms with E-state index in [0.29, 0.717) is 6.61 Å². The molecule has 0 aliphatic heterocycles. The molecule has 0 radical (unpaired) electrons. The molecule has 86 valence electrons. The highest BCUT2D eigenvalue weighted by atomic mass is 16.5. The van der Waals surface area contributed by atoms with Crippen LogP contribution in [0.2, 0.25) is 0 Å². The van der Waals surface area contributed by atoms with Gasteiger partial charge in [-0.05, 0) is 24.2 Å². The third-order valence-corrected chi connectivity index (χ3v) is 2.35. The molecule has 0 aromatic rings. The zero-order valence-corrected chi connectivity index (χ0v) is 10.3. The molecule has 1 atom stereocenters. The van der Waals surface area contributed by atoms with Gasteiger partial charge in [-0.2, -0.15) is 0 Å². The van der Waals surface area contributed by atoms with Crippen LogP contribution in [0.15, 0.2) is 0 Å². The van der Waals surface area contributed by atoms with E-state index in [1.54, 1.807) is 0 Å². The Morgan fingerprint density at radius 2 is 1.79 bits per heavy atom. The van der Waals surface area contributed by atoms with Crippen LogP contribution in [0, 0.1) is 11.3 Å². The molecule has 14 heavy (non-hydrogen) atoms. The summed E-state index contributed by atoms with van der Waals surface area (Å²) < 4.78 is 5.42. The minimum absolute atomic E-state index is 0.0714. The van der Waals surface area contributed by atoms with Gasteiger partial charge in [-0.3, -0.25) is 0 Å². The third kappa shape index (κ3) is 7.34. The maximum Gasteiger partial charge on any atom is 0.0821 e. The van der Waals surface area contributed by atoms with E-state index in [1.165, 1.54) is 6.42 Å². The number of hydrogen-bond donors (Lipinski definition) is 1. The highest BCUT2D eigenvalue weighted by molar-refractivity contribution is 4.71. The second-order valence-electron chi connectivity index (χ2n) is 5.49. The lowest BCUT2D eigenvalue weighted by molar-refractivity contribution is -0.0214. The van der Waals surface area contributed by atoms with Crippen LogP contribution in [0.5, 0.6) is 0 Å². The first-order valence-electron chi connectivity index (χ1n) is 5.60. The molecule has 0 aliphatic carbocycles. The SMILES string of the molecule is CC(C)CCCOCC(O)C(C)(C)C. The molecule has 1 unspecified atom stereocenters. The Balaban J connectivity index is 3.37. The monoisotopic (exact) mass is 202 g/mol. The van der Waals surface area contributed by atoms with Crippen LogP contribution in [0.3, 0.4) is 0 Å². The first-order valence-corrected chi connectivity index (χ1v) is 5.60. The van der Waals surface area contributed by atoms with Gasteiger partial charge in [-0.1, -0.05) is 34.6 Å². The van der Waals surface area contributed by atoms with Gasteiger partial charge in [0.05, 0.1) is 12.7 Å². The van der Waals surface area contributed by atoms with E-state index in [1.807, 2.05) is 20.8 Å². The first kappa shape index (κ1) is 13.9. The van der Waals surface area contributed by atoms with Gasteiger partial charge in [-0.25, -0.2) is 0 Å². The van der Waals surface area contributed by atoms with Gasteiger partial charge in [0.25, 0.3) is 0 Å². The Morgan fingerprint density at radius 3 is 2.21 bits per heavy atom. The fourth-order valence-corrected chi connectivity index (χ4v) is 1.04. The molecular formula is C12H26O2. The lowest BCUT2D eigenvalue weighted by Crippen LogP contribution is -2.30. The number of aliphatic hydroxyl groups excluding tert-OH is 1. The Morgan fingerprint density at radius 1 is 1.21 bits per heavy atom. The van der Waals surface area contributed by atoms with Gasteiger partial charge in [0.1, 0.15) is 0 Å². The van der Waals surface area contributed by atoms with E-state index in [-0.39, 0.29) is 11.5 Å². The van der Waals surface area contributed by atoms with Crippen molar-refractivity contribution in [1.29, 1.82) is 0 Å². The van der Waals surface area contributed by atoms with E-state index < -0.39 is 0 Å². The Kier molecular flexibility index (Phi) is 6.38. The molecule has 0 bridgehead atoms. The average molecular weight is 202 g/mol. The van der Waals surface area contributed by atoms with Gasteiger partial charge in [0.15, 0.2) is 0 Å². The molecular weight excluding hydrogens is 176 g/mol. The number of rotatable bonds is 6. The maximum atomic E-state index is 9.67. The number of ether oxygens (including phenoxy) is 1. The topological polar surface area (TPSA) is 29.5 Å². The summed E-state index contributed by atoms with van der Waals surface area (Å²) in [6.45, 7) is 11.7. The zero-order valence-electron chi connectivity index (χ0n) is 10.3. The Hall–Kier alpha value is -0.0800. The van der Waals surface area contributed by atoms with Crippen molar-refractivity contribution in [3.8, 4) is 0 Å². The molecule has 0 saturated heterocycles. The van der Waals surface area contributed by atoms with Crippen molar-refractivity contribution in [3.63, 3.8) is 0 Å². The first-order chi connectivity index (χ1) is 6.34. The van der Waals surface area contributed by atoms with Gasteiger partial charge >= 0.3 is 0 Å². The van der Waals surface area contributed by atoms with Gasteiger partial charge in [-0.15, -0.1) is 0 Å². The molecule has 0 aromatic carbocycles. The molecule has 2 nitrogen and oxygen atoms in total. The minimum Gasteiger partial charge on any atom is -0.390 e. The molecule has 0 saturated carbocycles.